The molecule has 5 amide bonds. The number of amides is 5. The van der Waals surface area contributed by atoms with E-state index >= 15 is 0 Å². The molecule has 2 heterocycles. The minimum atomic E-state index is -0.434. The van der Waals surface area contributed by atoms with Gasteiger partial charge < -0.3 is 5.32 Å². The number of carbonyl (C=O) groups is 5. The summed E-state index contributed by atoms with van der Waals surface area (Å²) in [5.74, 6) is -1.30. The summed E-state index contributed by atoms with van der Waals surface area (Å²) in [4.78, 5) is 62.4. The Labute approximate surface area is 160 Å². The average molecular weight is 389 g/mol. The number of rotatable bonds is 7. The van der Waals surface area contributed by atoms with Crippen LogP contribution >= 0.6 is 11.8 Å². The fourth-order valence-corrected chi connectivity index (χ4v) is 3.68. The number of nitrogens with one attached hydrogen (secondary N) is 1. The topological polar surface area (TPSA) is 104 Å². The normalized spacial score (nSPS) is 16.3. The molecule has 2 aliphatic rings. The maximum absolute atomic E-state index is 12.4. The summed E-state index contributed by atoms with van der Waals surface area (Å²) in [6.07, 6.45) is 1.59. The van der Waals surface area contributed by atoms with E-state index in [9.17, 15) is 24.0 Å². The molecule has 0 radical (unpaired) electrons. The monoisotopic (exact) mass is 389 g/mol. The summed E-state index contributed by atoms with van der Waals surface area (Å²) in [5, 5.41) is 2.31. The van der Waals surface area contributed by atoms with Crippen molar-refractivity contribution in [3.63, 3.8) is 0 Å². The molecule has 8 nitrogen and oxygen atoms in total. The standard InChI is InChI=1S/C18H19N3O5S/c1-2-3-7-21-16(24)12-5-4-11(9-13(12)17(21)25)15(23)19-6-8-20-14(22)10-27-18(20)26/h4-5,9H,2-3,6-8,10H2,1H3,(H,19,23). The maximum atomic E-state index is 12.4. The van der Waals surface area contributed by atoms with Crippen molar-refractivity contribution in [2.24, 2.45) is 0 Å². The van der Waals surface area contributed by atoms with Gasteiger partial charge in [0.25, 0.3) is 23.0 Å². The van der Waals surface area contributed by atoms with Crippen molar-refractivity contribution in [3.8, 4) is 0 Å². The molecular weight excluding hydrogens is 370 g/mol. The smallest absolute Gasteiger partial charge is 0.288 e. The predicted octanol–water partition coefficient (Wildman–Crippen LogP) is 1.51. The zero-order valence-corrected chi connectivity index (χ0v) is 15.6. The number of carbonyl (C=O) groups excluding carboxylic acids is 5. The first-order chi connectivity index (χ1) is 12.9. The van der Waals surface area contributed by atoms with Crippen LogP contribution in [0.4, 0.5) is 4.79 Å². The SMILES string of the molecule is CCCCN1C(=O)c2ccc(C(=O)NCCN3C(=O)CSC3=O)cc2C1=O. The van der Waals surface area contributed by atoms with Crippen molar-refractivity contribution in [1.82, 2.24) is 15.1 Å². The Morgan fingerprint density at radius 2 is 1.81 bits per heavy atom. The van der Waals surface area contributed by atoms with Gasteiger partial charge in [-0.2, -0.15) is 0 Å². The van der Waals surface area contributed by atoms with Gasteiger partial charge in [-0.15, -0.1) is 0 Å². The third-order valence-electron chi connectivity index (χ3n) is 4.43. The zero-order valence-electron chi connectivity index (χ0n) is 14.8. The molecule has 1 N–H and O–H groups in total. The molecule has 9 heteroatoms. The van der Waals surface area contributed by atoms with E-state index in [0.717, 1.165) is 29.5 Å². The highest BCUT2D eigenvalue weighted by Gasteiger charge is 2.35. The maximum Gasteiger partial charge on any atom is 0.288 e. The van der Waals surface area contributed by atoms with Crippen LogP contribution in [0.5, 0.6) is 0 Å². The zero-order chi connectivity index (χ0) is 19.6. The molecule has 0 saturated carbocycles. The van der Waals surface area contributed by atoms with Gasteiger partial charge in [0.05, 0.1) is 16.9 Å². The molecule has 0 unspecified atom stereocenters. The quantitative estimate of drug-likeness (QED) is 0.709. The summed E-state index contributed by atoms with van der Waals surface area (Å²) in [5.41, 5.74) is 0.781. The van der Waals surface area contributed by atoms with Crippen LogP contribution in [0.3, 0.4) is 0 Å². The first-order valence-electron chi connectivity index (χ1n) is 8.69. The van der Waals surface area contributed by atoms with Gasteiger partial charge in [-0.25, -0.2) is 0 Å². The van der Waals surface area contributed by atoms with Gasteiger partial charge in [0.1, 0.15) is 0 Å². The number of hydrogen-bond acceptors (Lipinski definition) is 6. The van der Waals surface area contributed by atoms with Crippen LogP contribution in [-0.2, 0) is 4.79 Å². The van der Waals surface area contributed by atoms with Crippen molar-refractivity contribution < 1.29 is 24.0 Å². The fraction of sp³-hybridized carbons (Fsp3) is 0.389. The number of benzene rings is 1. The van der Waals surface area contributed by atoms with Gasteiger partial charge in [0, 0.05) is 25.2 Å². The summed E-state index contributed by atoms with van der Waals surface area (Å²) in [6, 6.07) is 4.39. The molecule has 1 saturated heterocycles. The summed E-state index contributed by atoms with van der Waals surface area (Å²) in [7, 11) is 0. The number of unbranched alkanes of at least 4 members (excludes halogenated alkanes) is 1. The van der Waals surface area contributed by atoms with E-state index in [1.54, 1.807) is 0 Å². The molecule has 3 rings (SSSR count). The van der Waals surface area contributed by atoms with Crippen LogP contribution in [-0.4, -0.2) is 64.1 Å². The van der Waals surface area contributed by atoms with Crippen molar-refractivity contribution in [1.29, 1.82) is 0 Å². The molecule has 1 aromatic rings. The second kappa shape index (κ2) is 7.91. The molecule has 0 bridgehead atoms. The molecule has 0 spiro atoms. The predicted molar refractivity (Wildman–Crippen MR) is 98.6 cm³/mol. The van der Waals surface area contributed by atoms with Gasteiger partial charge in [-0.3, -0.25) is 33.8 Å². The first-order valence-corrected chi connectivity index (χ1v) is 9.68. The van der Waals surface area contributed by atoms with Gasteiger partial charge >= 0.3 is 0 Å². The fourth-order valence-electron chi connectivity index (χ4n) is 2.93. The molecule has 0 aromatic heterocycles. The number of nitrogens with zero attached hydrogens (tertiary/aromatic N) is 2. The molecule has 27 heavy (non-hydrogen) atoms. The van der Waals surface area contributed by atoms with Crippen LogP contribution in [0.2, 0.25) is 0 Å². The van der Waals surface area contributed by atoms with Gasteiger partial charge in [0.15, 0.2) is 0 Å². The lowest BCUT2D eigenvalue weighted by atomic mass is 10.1. The van der Waals surface area contributed by atoms with E-state index < -0.39 is 5.91 Å². The molecule has 2 aliphatic heterocycles. The Balaban J connectivity index is 1.64. The van der Waals surface area contributed by atoms with Crippen molar-refractivity contribution in [2.75, 3.05) is 25.4 Å². The lowest BCUT2D eigenvalue weighted by Crippen LogP contribution is -2.37. The highest BCUT2D eigenvalue weighted by atomic mass is 32.2. The van der Waals surface area contributed by atoms with Crippen molar-refractivity contribution in [3.05, 3.63) is 34.9 Å². The van der Waals surface area contributed by atoms with E-state index in [1.807, 2.05) is 6.92 Å². The third kappa shape index (κ3) is 3.73. The average Bonchev–Trinajstić information content (AvgIpc) is 3.10. The minimum Gasteiger partial charge on any atom is -0.350 e. The van der Waals surface area contributed by atoms with Gasteiger partial charge in [0.2, 0.25) is 5.91 Å². The van der Waals surface area contributed by atoms with E-state index in [-0.39, 0.29) is 52.9 Å². The largest absolute Gasteiger partial charge is 0.350 e. The Kier molecular flexibility index (Phi) is 5.59. The highest BCUT2D eigenvalue weighted by molar-refractivity contribution is 8.14. The highest BCUT2D eigenvalue weighted by Crippen LogP contribution is 2.24. The molecule has 0 aliphatic carbocycles. The second-order valence-corrected chi connectivity index (χ2v) is 7.16. The van der Waals surface area contributed by atoms with E-state index in [1.165, 1.54) is 23.1 Å². The van der Waals surface area contributed by atoms with E-state index in [2.05, 4.69) is 5.32 Å². The summed E-state index contributed by atoms with van der Waals surface area (Å²) < 4.78 is 0. The Hall–Kier alpha value is -2.68. The lowest BCUT2D eigenvalue weighted by molar-refractivity contribution is -0.124. The molecule has 1 aromatic carbocycles. The van der Waals surface area contributed by atoms with Crippen molar-refractivity contribution >= 4 is 40.6 Å². The Bertz CT molecular complexity index is 822. The van der Waals surface area contributed by atoms with Crippen LogP contribution in [0.25, 0.3) is 0 Å². The number of hydrogen-bond donors (Lipinski definition) is 1. The lowest BCUT2D eigenvalue weighted by Gasteiger charge is -2.13. The number of fused-ring (bicyclic) bond motifs is 1. The molecule has 0 atom stereocenters. The van der Waals surface area contributed by atoms with Crippen LogP contribution in [0.15, 0.2) is 18.2 Å². The third-order valence-corrected chi connectivity index (χ3v) is 5.29. The van der Waals surface area contributed by atoms with Gasteiger partial charge in [-0.05, 0) is 24.6 Å². The first kappa shape index (κ1) is 19.1. The number of thioether (sulfide) groups is 1. The van der Waals surface area contributed by atoms with Crippen LogP contribution in [0.1, 0.15) is 50.8 Å². The van der Waals surface area contributed by atoms with E-state index in [4.69, 9.17) is 0 Å². The Morgan fingerprint density at radius 1 is 1.07 bits per heavy atom. The summed E-state index contributed by atoms with van der Waals surface area (Å²) >= 11 is 0.939. The van der Waals surface area contributed by atoms with E-state index in [0.29, 0.717) is 12.1 Å². The molecule has 142 valence electrons. The molecular formula is C18H19N3O5S. The van der Waals surface area contributed by atoms with Crippen molar-refractivity contribution in [2.45, 2.75) is 19.8 Å². The van der Waals surface area contributed by atoms with Crippen LogP contribution < -0.4 is 5.32 Å². The number of imide groups is 2. The second-order valence-electron chi connectivity index (χ2n) is 6.23. The van der Waals surface area contributed by atoms with Gasteiger partial charge in [-0.1, -0.05) is 25.1 Å². The molecule has 1 fully saturated rings. The summed E-state index contributed by atoms with van der Waals surface area (Å²) in [6.45, 7) is 2.55. The Morgan fingerprint density at radius 3 is 2.48 bits per heavy atom. The van der Waals surface area contributed by atoms with Crippen LogP contribution in [0, 0.1) is 0 Å². The minimum absolute atomic E-state index is 0.101.